The zero-order valence-corrected chi connectivity index (χ0v) is 16.8. The zero-order chi connectivity index (χ0) is 21.0. The lowest BCUT2D eigenvalue weighted by molar-refractivity contribution is 0.0618. The van der Waals surface area contributed by atoms with E-state index in [2.05, 4.69) is 20.0 Å². The van der Waals surface area contributed by atoms with Gasteiger partial charge in [0.2, 0.25) is 5.89 Å². The molecule has 3 heterocycles. The predicted octanol–water partition coefficient (Wildman–Crippen LogP) is 3.35. The average Bonchev–Trinajstić information content (AvgIpc) is 3.51. The number of benzene rings is 2. The number of nitrogens with zero attached hydrogens (tertiary/aromatic N) is 5. The van der Waals surface area contributed by atoms with Crippen LogP contribution in [0.2, 0.25) is 0 Å². The Hall–Kier alpha value is -3.78. The standard InChI is InChI=1S/C23H21N5O3/c29-23(19-16-30-21(24-19)17-7-3-1-4-8-17)28-13-11-27(12-14-28)15-20-25-22(31-26-20)18-9-5-2-6-10-18/h1-10,16H,11-15H2. The van der Waals surface area contributed by atoms with Gasteiger partial charge in [-0.15, -0.1) is 0 Å². The first-order valence-corrected chi connectivity index (χ1v) is 10.2. The Morgan fingerprint density at radius 1 is 0.839 bits per heavy atom. The Morgan fingerprint density at radius 2 is 1.48 bits per heavy atom. The van der Waals surface area contributed by atoms with Crippen molar-refractivity contribution in [1.29, 1.82) is 0 Å². The molecule has 2 aromatic heterocycles. The summed E-state index contributed by atoms with van der Waals surface area (Å²) in [5, 5.41) is 4.09. The predicted molar refractivity (Wildman–Crippen MR) is 113 cm³/mol. The van der Waals surface area contributed by atoms with Crippen LogP contribution >= 0.6 is 0 Å². The van der Waals surface area contributed by atoms with Crippen molar-refractivity contribution in [3.8, 4) is 22.9 Å². The second-order valence-corrected chi connectivity index (χ2v) is 7.35. The molecule has 8 heteroatoms. The molecule has 0 unspecified atom stereocenters. The van der Waals surface area contributed by atoms with Gasteiger partial charge in [-0.05, 0) is 24.3 Å². The molecular formula is C23H21N5O3. The van der Waals surface area contributed by atoms with Gasteiger partial charge in [-0.25, -0.2) is 4.98 Å². The number of carbonyl (C=O) groups is 1. The molecule has 1 aliphatic heterocycles. The summed E-state index contributed by atoms with van der Waals surface area (Å²) in [6.45, 7) is 3.25. The van der Waals surface area contributed by atoms with Crippen molar-refractivity contribution < 1.29 is 13.7 Å². The number of aromatic nitrogens is 3. The average molecular weight is 415 g/mol. The minimum absolute atomic E-state index is 0.114. The van der Waals surface area contributed by atoms with Crippen molar-refractivity contribution in [3.05, 3.63) is 78.4 Å². The molecule has 156 valence electrons. The quantitative estimate of drug-likeness (QED) is 0.494. The Morgan fingerprint density at radius 3 is 2.16 bits per heavy atom. The second-order valence-electron chi connectivity index (χ2n) is 7.35. The normalized spacial score (nSPS) is 14.6. The molecule has 0 aliphatic carbocycles. The number of hydrogen-bond donors (Lipinski definition) is 0. The highest BCUT2D eigenvalue weighted by Crippen LogP contribution is 2.20. The van der Waals surface area contributed by atoms with Crippen LogP contribution in [-0.2, 0) is 6.54 Å². The van der Waals surface area contributed by atoms with E-state index in [0.717, 1.165) is 24.2 Å². The van der Waals surface area contributed by atoms with Crippen LogP contribution < -0.4 is 0 Å². The number of carbonyl (C=O) groups excluding carboxylic acids is 1. The van der Waals surface area contributed by atoms with Crippen molar-refractivity contribution in [2.45, 2.75) is 6.54 Å². The molecule has 0 saturated carbocycles. The third kappa shape index (κ3) is 4.24. The molecular weight excluding hydrogens is 394 g/mol. The van der Waals surface area contributed by atoms with Gasteiger partial charge in [-0.1, -0.05) is 41.6 Å². The summed E-state index contributed by atoms with van der Waals surface area (Å²) < 4.78 is 10.9. The summed E-state index contributed by atoms with van der Waals surface area (Å²) in [7, 11) is 0. The van der Waals surface area contributed by atoms with E-state index in [1.165, 1.54) is 6.26 Å². The number of oxazole rings is 1. The molecule has 0 spiro atoms. The SMILES string of the molecule is O=C(c1coc(-c2ccccc2)n1)N1CCN(Cc2noc(-c3ccccc3)n2)CC1. The fourth-order valence-electron chi connectivity index (χ4n) is 3.57. The van der Waals surface area contributed by atoms with Crippen molar-refractivity contribution in [3.63, 3.8) is 0 Å². The molecule has 0 N–H and O–H groups in total. The van der Waals surface area contributed by atoms with Crippen molar-refractivity contribution >= 4 is 5.91 Å². The maximum absolute atomic E-state index is 12.8. The summed E-state index contributed by atoms with van der Waals surface area (Å²) in [5.74, 6) is 1.50. The molecule has 0 bridgehead atoms. The molecule has 2 aromatic carbocycles. The van der Waals surface area contributed by atoms with E-state index >= 15 is 0 Å². The van der Waals surface area contributed by atoms with E-state index < -0.39 is 0 Å². The van der Waals surface area contributed by atoms with E-state index in [9.17, 15) is 4.79 Å². The maximum Gasteiger partial charge on any atom is 0.275 e. The summed E-state index contributed by atoms with van der Waals surface area (Å²) in [4.78, 5) is 25.7. The molecule has 1 saturated heterocycles. The summed E-state index contributed by atoms with van der Waals surface area (Å²) in [6, 6.07) is 19.3. The lowest BCUT2D eigenvalue weighted by Crippen LogP contribution is -2.48. The fraction of sp³-hybridized carbons (Fsp3) is 0.217. The number of piperazine rings is 1. The van der Waals surface area contributed by atoms with Crippen LogP contribution in [0, 0.1) is 0 Å². The van der Waals surface area contributed by atoms with E-state index in [-0.39, 0.29) is 5.91 Å². The molecule has 1 amide bonds. The van der Waals surface area contributed by atoms with E-state index in [4.69, 9.17) is 8.94 Å². The first-order chi connectivity index (χ1) is 15.3. The highest BCUT2D eigenvalue weighted by atomic mass is 16.5. The minimum atomic E-state index is -0.114. The molecule has 8 nitrogen and oxygen atoms in total. The highest BCUT2D eigenvalue weighted by Gasteiger charge is 2.25. The van der Waals surface area contributed by atoms with Crippen LogP contribution in [0.15, 0.2) is 75.9 Å². The Labute approximate surface area is 179 Å². The summed E-state index contributed by atoms with van der Waals surface area (Å²) in [6.07, 6.45) is 1.43. The van der Waals surface area contributed by atoms with Gasteiger partial charge in [0, 0.05) is 37.3 Å². The van der Waals surface area contributed by atoms with Gasteiger partial charge in [0.25, 0.3) is 11.8 Å². The fourth-order valence-corrected chi connectivity index (χ4v) is 3.57. The lowest BCUT2D eigenvalue weighted by atomic mass is 10.2. The molecule has 4 aromatic rings. The van der Waals surface area contributed by atoms with Gasteiger partial charge >= 0.3 is 0 Å². The number of amides is 1. The topological polar surface area (TPSA) is 88.5 Å². The Bertz CT molecular complexity index is 1150. The zero-order valence-electron chi connectivity index (χ0n) is 16.8. The van der Waals surface area contributed by atoms with E-state index in [1.807, 2.05) is 60.7 Å². The van der Waals surface area contributed by atoms with Crippen LogP contribution in [-0.4, -0.2) is 57.0 Å². The maximum atomic E-state index is 12.8. The lowest BCUT2D eigenvalue weighted by Gasteiger charge is -2.33. The van der Waals surface area contributed by atoms with Crippen LogP contribution in [0.4, 0.5) is 0 Å². The number of hydrogen-bond acceptors (Lipinski definition) is 7. The first-order valence-electron chi connectivity index (χ1n) is 10.2. The molecule has 0 radical (unpaired) electrons. The minimum Gasteiger partial charge on any atom is -0.444 e. The Kier molecular flexibility index (Phi) is 5.28. The van der Waals surface area contributed by atoms with E-state index in [0.29, 0.717) is 42.9 Å². The highest BCUT2D eigenvalue weighted by molar-refractivity contribution is 5.92. The van der Waals surface area contributed by atoms with Gasteiger partial charge in [0.15, 0.2) is 11.5 Å². The second kappa shape index (κ2) is 8.53. The van der Waals surface area contributed by atoms with E-state index in [1.54, 1.807) is 4.90 Å². The Balaban J connectivity index is 1.17. The van der Waals surface area contributed by atoms with Gasteiger partial charge in [0.1, 0.15) is 6.26 Å². The van der Waals surface area contributed by atoms with Crippen LogP contribution in [0.25, 0.3) is 22.9 Å². The molecule has 5 rings (SSSR count). The van der Waals surface area contributed by atoms with Gasteiger partial charge in [-0.2, -0.15) is 4.98 Å². The van der Waals surface area contributed by atoms with Gasteiger partial charge in [-0.3, -0.25) is 9.69 Å². The third-order valence-electron chi connectivity index (χ3n) is 5.26. The summed E-state index contributed by atoms with van der Waals surface area (Å²) >= 11 is 0. The smallest absolute Gasteiger partial charge is 0.275 e. The van der Waals surface area contributed by atoms with Crippen LogP contribution in [0.3, 0.4) is 0 Å². The van der Waals surface area contributed by atoms with Crippen LogP contribution in [0.5, 0.6) is 0 Å². The molecule has 0 atom stereocenters. The largest absolute Gasteiger partial charge is 0.444 e. The third-order valence-corrected chi connectivity index (χ3v) is 5.26. The van der Waals surface area contributed by atoms with Crippen molar-refractivity contribution in [2.75, 3.05) is 26.2 Å². The van der Waals surface area contributed by atoms with Gasteiger partial charge in [0.05, 0.1) is 6.54 Å². The molecule has 31 heavy (non-hydrogen) atoms. The van der Waals surface area contributed by atoms with Crippen LogP contribution in [0.1, 0.15) is 16.3 Å². The summed E-state index contributed by atoms with van der Waals surface area (Å²) in [5.41, 5.74) is 2.08. The molecule has 1 aliphatic rings. The van der Waals surface area contributed by atoms with Crippen molar-refractivity contribution in [1.82, 2.24) is 24.9 Å². The monoisotopic (exact) mass is 415 g/mol. The van der Waals surface area contributed by atoms with Gasteiger partial charge < -0.3 is 13.8 Å². The number of rotatable bonds is 5. The van der Waals surface area contributed by atoms with Crippen molar-refractivity contribution in [2.24, 2.45) is 0 Å². The molecule has 1 fully saturated rings. The first kappa shape index (κ1) is 19.2.